The van der Waals surface area contributed by atoms with E-state index in [0.717, 1.165) is 23.6 Å². The fourth-order valence-corrected chi connectivity index (χ4v) is 5.17. The maximum atomic E-state index is 12.9. The third-order valence-corrected chi connectivity index (χ3v) is 7.51. The lowest BCUT2D eigenvalue weighted by Crippen LogP contribution is -2.48. The molecule has 0 saturated carbocycles. The van der Waals surface area contributed by atoms with Crippen LogP contribution >= 0.6 is 23.2 Å². The molecule has 28 heavy (non-hydrogen) atoms. The van der Waals surface area contributed by atoms with Crippen molar-refractivity contribution in [1.82, 2.24) is 9.21 Å². The lowest BCUT2D eigenvalue weighted by Gasteiger charge is -2.34. The van der Waals surface area contributed by atoms with Gasteiger partial charge in [-0.1, -0.05) is 29.3 Å². The Morgan fingerprint density at radius 1 is 0.857 bits per heavy atom. The first-order valence-electron chi connectivity index (χ1n) is 8.99. The van der Waals surface area contributed by atoms with Crippen LogP contribution in [0.5, 0.6) is 11.5 Å². The van der Waals surface area contributed by atoms with Crippen LogP contribution in [0.15, 0.2) is 41.3 Å². The number of ether oxygens (including phenoxy) is 2. The Morgan fingerprint density at radius 2 is 1.57 bits per heavy atom. The number of rotatable bonds is 4. The number of benzene rings is 2. The highest BCUT2D eigenvalue weighted by molar-refractivity contribution is 7.89. The third-order valence-electron chi connectivity index (χ3n) is 4.87. The molecule has 0 radical (unpaired) electrons. The van der Waals surface area contributed by atoms with Crippen molar-refractivity contribution >= 4 is 33.2 Å². The summed E-state index contributed by atoms with van der Waals surface area (Å²) in [6.45, 7) is 4.00. The van der Waals surface area contributed by atoms with Gasteiger partial charge in [-0.15, -0.1) is 0 Å². The monoisotopic (exact) mass is 442 g/mol. The zero-order valence-corrected chi connectivity index (χ0v) is 17.4. The Hall–Kier alpha value is -1.51. The Kier molecular flexibility index (Phi) is 5.71. The van der Waals surface area contributed by atoms with Crippen LogP contribution in [-0.4, -0.2) is 57.0 Å². The van der Waals surface area contributed by atoms with Crippen LogP contribution < -0.4 is 9.47 Å². The molecule has 4 rings (SSSR count). The molecule has 0 unspecified atom stereocenters. The Bertz CT molecular complexity index is 976. The van der Waals surface area contributed by atoms with E-state index < -0.39 is 10.0 Å². The summed E-state index contributed by atoms with van der Waals surface area (Å²) in [6.07, 6.45) is 0. The smallest absolute Gasteiger partial charge is 0.243 e. The number of piperazine rings is 1. The van der Waals surface area contributed by atoms with Crippen molar-refractivity contribution in [3.8, 4) is 11.5 Å². The maximum absolute atomic E-state index is 12.9. The Labute approximate surface area is 174 Å². The predicted molar refractivity (Wildman–Crippen MR) is 108 cm³/mol. The molecule has 0 amide bonds. The van der Waals surface area contributed by atoms with E-state index in [4.69, 9.17) is 32.7 Å². The molecular weight excluding hydrogens is 423 g/mol. The number of halogens is 2. The largest absolute Gasteiger partial charge is 0.486 e. The van der Waals surface area contributed by atoms with Crippen LogP contribution in [0.1, 0.15) is 5.56 Å². The average Bonchev–Trinajstić information content (AvgIpc) is 2.70. The molecule has 0 aromatic heterocycles. The summed E-state index contributed by atoms with van der Waals surface area (Å²) in [5.74, 6) is 1.54. The van der Waals surface area contributed by atoms with Crippen LogP contribution in [0.3, 0.4) is 0 Å². The normalized spacial score (nSPS) is 18.2. The molecule has 0 N–H and O–H groups in total. The van der Waals surface area contributed by atoms with Crippen molar-refractivity contribution in [2.75, 3.05) is 39.4 Å². The number of hydrogen-bond donors (Lipinski definition) is 0. The van der Waals surface area contributed by atoms with Crippen LogP contribution in [0.2, 0.25) is 10.0 Å². The van der Waals surface area contributed by atoms with Gasteiger partial charge >= 0.3 is 0 Å². The average molecular weight is 443 g/mol. The molecule has 0 aliphatic carbocycles. The Morgan fingerprint density at radius 3 is 2.29 bits per heavy atom. The summed E-state index contributed by atoms with van der Waals surface area (Å²) >= 11 is 11.9. The van der Waals surface area contributed by atoms with E-state index in [0.29, 0.717) is 44.4 Å². The van der Waals surface area contributed by atoms with Gasteiger partial charge in [0.2, 0.25) is 10.0 Å². The molecule has 2 aromatic carbocycles. The van der Waals surface area contributed by atoms with Gasteiger partial charge in [-0.05, 0) is 35.9 Å². The highest BCUT2D eigenvalue weighted by Crippen LogP contribution is 2.31. The van der Waals surface area contributed by atoms with Crippen molar-refractivity contribution in [3.05, 3.63) is 52.0 Å². The van der Waals surface area contributed by atoms with E-state index in [2.05, 4.69) is 4.90 Å². The number of hydrogen-bond acceptors (Lipinski definition) is 5. The van der Waals surface area contributed by atoms with E-state index in [1.165, 1.54) is 22.5 Å². The second-order valence-electron chi connectivity index (χ2n) is 6.73. The predicted octanol–water partition coefficient (Wildman–Crippen LogP) is 3.27. The highest BCUT2D eigenvalue weighted by Gasteiger charge is 2.29. The quantitative estimate of drug-likeness (QED) is 0.726. The highest BCUT2D eigenvalue weighted by atomic mass is 35.5. The van der Waals surface area contributed by atoms with Gasteiger partial charge in [0.15, 0.2) is 11.5 Å². The van der Waals surface area contributed by atoms with Crippen molar-refractivity contribution in [3.63, 3.8) is 0 Å². The van der Waals surface area contributed by atoms with Crippen molar-refractivity contribution in [2.24, 2.45) is 0 Å². The van der Waals surface area contributed by atoms with Crippen molar-refractivity contribution in [1.29, 1.82) is 0 Å². The molecule has 0 atom stereocenters. The van der Waals surface area contributed by atoms with Gasteiger partial charge in [-0.2, -0.15) is 4.31 Å². The lowest BCUT2D eigenvalue weighted by atomic mass is 10.1. The SMILES string of the molecule is O=S(=O)(c1ccc(Cl)c(Cl)c1)N1CCN(Cc2ccc3c(c2)OCCO3)CC1. The molecule has 2 aliphatic heterocycles. The molecule has 2 heterocycles. The van der Waals surface area contributed by atoms with Gasteiger partial charge in [0.25, 0.3) is 0 Å². The van der Waals surface area contributed by atoms with Gasteiger partial charge in [-0.3, -0.25) is 4.90 Å². The molecule has 1 fully saturated rings. The molecule has 2 aliphatic rings. The summed E-state index contributed by atoms with van der Waals surface area (Å²) in [6, 6.07) is 10.3. The molecule has 6 nitrogen and oxygen atoms in total. The van der Waals surface area contributed by atoms with E-state index in [1.807, 2.05) is 18.2 Å². The minimum absolute atomic E-state index is 0.169. The molecule has 2 aromatic rings. The minimum Gasteiger partial charge on any atom is -0.486 e. The molecule has 0 spiro atoms. The van der Waals surface area contributed by atoms with Gasteiger partial charge in [-0.25, -0.2) is 8.42 Å². The summed E-state index contributed by atoms with van der Waals surface area (Å²) in [4.78, 5) is 2.40. The van der Waals surface area contributed by atoms with Gasteiger partial charge in [0, 0.05) is 32.7 Å². The van der Waals surface area contributed by atoms with Gasteiger partial charge in [0.1, 0.15) is 13.2 Å². The first-order valence-corrected chi connectivity index (χ1v) is 11.2. The zero-order chi connectivity index (χ0) is 19.7. The summed E-state index contributed by atoms with van der Waals surface area (Å²) in [5, 5.41) is 0.574. The second kappa shape index (κ2) is 8.08. The molecule has 1 saturated heterocycles. The van der Waals surface area contributed by atoms with Crippen molar-refractivity contribution in [2.45, 2.75) is 11.4 Å². The van der Waals surface area contributed by atoms with Gasteiger partial charge in [0.05, 0.1) is 14.9 Å². The van der Waals surface area contributed by atoms with Crippen LogP contribution in [0, 0.1) is 0 Å². The van der Waals surface area contributed by atoms with Crippen LogP contribution in [-0.2, 0) is 16.6 Å². The first-order chi connectivity index (χ1) is 13.4. The molecule has 150 valence electrons. The Balaban J connectivity index is 1.39. The zero-order valence-electron chi connectivity index (χ0n) is 15.1. The van der Waals surface area contributed by atoms with Gasteiger partial charge < -0.3 is 9.47 Å². The second-order valence-corrected chi connectivity index (χ2v) is 9.49. The topological polar surface area (TPSA) is 59.1 Å². The van der Waals surface area contributed by atoms with Crippen LogP contribution in [0.4, 0.5) is 0 Å². The molecule has 0 bridgehead atoms. The summed E-state index contributed by atoms with van der Waals surface area (Å²) in [5.41, 5.74) is 1.12. The fraction of sp³-hybridized carbons (Fsp3) is 0.368. The summed E-state index contributed by atoms with van der Waals surface area (Å²) in [7, 11) is -3.58. The minimum atomic E-state index is -3.58. The van der Waals surface area contributed by atoms with Crippen molar-refractivity contribution < 1.29 is 17.9 Å². The standard InChI is InChI=1S/C19H20Cl2N2O4S/c20-16-3-2-15(12-17(16)21)28(24,25)23-7-5-22(6-8-23)13-14-1-4-18-19(11-14)27-10-9-26-18/h1-4,11-12H,5-10,13H2. The van der Waals surface area contributed by atoms with Crippen LogP contribution in [0.25, 0.3) is 0 Å². The maximum Gasteiger partial charge on any atom is 0.243 e. The van der Waals surface area contributed by atoms with E-state index in [9.17, 15) is 8.42 Å². The lowest BCUT2D eigenvalue weighted by molar-refractivity contribution is 0.169. The number of sulfonamides is 1. The summed E-state index contributed by atoms with van der Waals surface area (Å²) < 4.78 is 38.4. The first kappa shape index (κ1) is 19.8. The van der Waals surface area contributed by atoms with E-state index in [-0.39, 0.29) is 9.92 Å². The third kappa shape index (κ3) is 4.09. The molecular formula is C19H20Cl2N2O4S. The fourth-order valence-electron chi connectivity index (χ4n) is 3.36. The number of nitrogens with zero attached hydrogens (tertiary/aromatic N) is 2. The molecule has 9 heteroatoms. The number of fused-ring (bicyclic) bond motifs is 1. The van der Waals surface area contributed by atoms with E-state index >= 15 is 0 Å². The van der Waals surface area contributed by atoms with E-state index in [1.54, 1.807) is 0 Å².